The first-order chi connectivity index (χ1) is 8.51. The van der Waals surface area contributed by atoms with Gasteiger partial charge in [0, 0.05) is 24.8 Å². The zero-order valence-electron chi connectivity index (χ0n) is 11.0. The number of aromatic nitrogens is 2. The average Bonchev–Trinajstić information content (AvgIpc) is 2.33. The van der Waals surface area contributed by atoms with Crippen LogP contribution in [0.25, 0.3) is 0 Å². The van der Waals surface area contributed by atoms with Crippen LogP contribution in [0.5, 0.6) is 0 Å². The molecule has 2 unspecified atom stereocenters. The number of morpholine rings is 1. The highest BCUT2D eigenvalue weighted by atomic mass is 16.5. The molecule has 0 bridgehead atoms. The first kappa shape index (κ1) is 13.0. The monoisotopic (exact) mass is 253 g/mol. The molecule has 2 atom stereocenters. The van der Waals surface area contributed by atoms with Crippen molar-refractivity contribution in [1.29, 1.82) is 0 Å². The molecule has 1 aliphatic heterocycles. The fourth-order valence-corrected chi connectivity index (χ4v) is 2.18. The molecule has 1 N–H and O–H groups in total. The molecule has 1 saturated heterocycles. The lowest BCUT2D eigenvalue weighted by Crippen LogP contribution is -2.46. The Morgan fingerprint density at radius 2 is 2.17 bits per heavy atom. The Morgan fingerprint density at radius 3 is 2.83 bits per heavy atom. The van der Waals surface area contributed by atoms with Crippen LogP contribution in [0.1, 0.15) is 25.1 Å². The predicted molar refractivity (Wildman–Crippen MR) is 67.8 cm³/mol. The summed E-state index contributed by atoms with van der Waals surface area (Å²) in [6, 6.07) is 0. The number of nitrogens with one attached hydrogen (secondary N) is 1. The van der Waals surface area contributed by atoms with E-state index in [0.717, 1.165) is 13.0 Å². The fraction of sp³-hybridized carbons (Fsp3) is 0.667. The zero-order valence-corrected chi connectivity index (χ0v) is 11.0. The molecule has 18 heavy (non-hydrogen) atoms. The maximum Gasteiger partial charge on any atom is 0.330 e. The maximum absolute atomic E-state index is 11.8. The van der Waals surface area contributed by atoms with Gasteiger partial charge in [0.25, 0.3) is 5.56 Å². The lowest BCUT2D eigenvalue weighted by molar-refractivity contribution is -0.117. The van der Waals surface area contributed by atoms with Gasteiger partial charge < -0.3 is 4.74 Å². The van der Waals surface area contributed by atoms with E-state index in [4.69, 9.17) is 4.74 Å². The molecule has 100 valence electrons. The van der Waals surface area contributed by atoms with E-state index in [-0.39, 0.29) is 17.9 Å². The van der Waals surface area contributed by atoms with Gasteiger partial charge in [-0.1, -0.05) is 6.92 Å². The van der Waals surface area contributed by atoms with E-state index < -0.39 is 5.69 Å². The molecule has 1 aliphatic rings. The number of hydrogen-bond acceptors (Lipinski definition) is 4. The Kier molecular flexibility index (Phi) is 3.68. The minimum atomic E-state index is -0.416. The van der Waals surface area contributed by atoms with Crippen molar-refractivity contribution in [3.05, 3.63) is 32.6 Å². The predicted octanol–water partition coefficient (Wildman–Crippen LogP) is 0.0842. The Hall–Kier alpha value is -1.40. The van der Waals surface area contributed by atoms with Crippen molar-refractivity contribution in [2.24, 2.45) is 0 Å². The number of likely N-dealkylation sites (N-methyl/N-ethyl adjacent to an activating group) is 1. The van der Waals surface area contributed by atoms with Crippen LogP contribution in [0.15, 0.2) is 15.8 Å². The third kappa shape index (κ3) is 2.54. The standard InChI is InChI=1S/C12H19N3O3/c1-4-9-6-14(3)7-10(18-9)15-5-8(2)11(16)13-12(15)17/h5,9-10H,4,6-7H2,1-3H3,(H,13,16,17). The van der Waals surface area contributed by atoms with Crippen molar-refractivity contribution in [2.75, 3.05) is 20.1 Å². The first-order valence-electron chi connectivity index (χ1n) is 6.17. The van der Waals surface area contributed by atoms with E-state index in [9.17, 15) is 9.59 Å². The molecule has 0 radical (unpaired) electrons. The summed E-state index contributed by atoms with van der Waals surface area (Å²) < 4.78 is 7.33. The van der Waals surface area contributed by atoms with Gasteiger partial charge in [-0.25, -0.2) is 4.79 Å². The number of nitrogens with zero attached hydrogens (tertiary/aromatic N) is 2. The lowest BCUT2D eigenvalue weighted by atomic mass is 10.2. The van der Waals surface area contributed by atoms with Crippen LogP contribution < -0.4 is 11.2 Å². The molecular formula is C12H19N3O3. The molecule has 1 aromatic rings. The fourth-order valence-electron chi connectivity index (χ4n) is 2.18. The summed E-state index contributed by atoms with van der Waals surface area (Å²) in [7, 11) is 2.00. The second-order valence-corrected chi connectivity index (χ2v) is 4.82. The van der Waals surface area contributed by atoms with Gasteiger partial charge >= 0.3 is 5.69 Å². The Morgan fingerprint density at radius 1 is 1.44 bits per heavy atom. The molecule has 1 fully saturated rings. The minimum absolute atomic E-state index is 0.118. The summed E-state index contributed by atoms with van der Waals surface area (Å²) in [6.45, 7) is 5.24. The molecule has 0 saturated carbocycles. The molecule has 2 rings (SSSR count). The molecule has 0 spiro atoms. The highest BCUT2D eigenvalue weighted by Crippen LogP contribution is 2.18. The van der Waals surface area contributed by atoms with Gasteiger partial charge in [0.05, 0.1) is 6.10 Å². The van der Waals surface area contributed by atoms with Gasteiger partial charge in [-0.05, 0) is 20.4 Å². The first-order valence-corrected chi connectivity index (χ1v) is 6.17. The SMILES string of the molecule is CCC1CN(C)CC(n2cc(C)c(=O)[nH]c2=O)O1. The topological polar surface area (TPSA) is 67.3 Å². The summed E-state index contributed by atoms with van der Waals surface area (Å²) >= 11 is 0. The quantitative estimate of drug-likeness (QED) is 0.811. The van der Waals surface area contributed by atoms with Gasteiger partial charge in [-0.15, -0.1) is 0 Å². The van der Waals surface area contributed by atoms with Crippen molar-refractivity contribution < 1.29 is 4.74 Å². The molecule has 2 heterocycles. The third-order valence-electron chi connectivity index (χ3n) is 3.24. The highest BCUT2D eigenvalue weighted by molar-refractivity contribution is 5.01. The molecule has 6 heteroatoms. The Labute approximate surface area is 105 Å². The van der Waals surface area contributed by atoms with E-state index in [2.05, 4.69) is 16.8 Å². The molecule has 0 amide bonds. The summed E-state index contributed by atoms with van der Waals surface area (Å²) in [4.78, 5) is 27.6. The summed E-state index contributed by atoms with van der Waals surface area (Å²) in [5.74, 6) is 0. The number of H-pyrrole nitrogens is 1. The molecule has 1 aromatic heterocycles. The van der Waals surface area contributed by atoms with E-state index in [1.165, 1.54) is 4.57 Å². The van der Waals surface area contributed by atoms with E-state index in [1.807, 2.05) is 7.05 Å². The van der Waals surface area contributed by atoms with Crippen molar-refractivity contribution >= 4 is 0 Å². The van der Waals surface area contributed by atoms with Crippen LogP contribution in [0, 0.1) is 6.92 Å². The summed E-state index contributed by atoms with van der Waals surface area (Å²) in [6.07, 6.45) is 2.25. The van der Waals surface area contributed by atoms with E-state index in [0.29, 0.717) is 12.1 Å². The van der Waals surface area contributed by atoms with Crippen LogP contribution in [-0.4, -0.2) is 40.7 Å². The number of rotatable bonds is 2. The normalized spacial score (nSPS) is 25.3. The number of aryl methyl sites for hydroxylation is 1. The number of hydrogen-bond donors (Lipinski definition) is 1. The third-order valence-corrected chi connectivity index (χ3v) is 3.24. The molecule has 0 aromatic carbocycles. The van der Waals surface area contributed by atoms with Crippen molar-refractivity contribution in [3.8, 4) is 0 Å². The van der Waals surface area contributed by atoms with Gasteiger partial charge in [0.15, 0.2) is 6.23 Å². The van der Waals surface area contributed by atoms with E-state index >= 15 is 0 Å². The van der Waals surface area contributed by atoms with Crippen LogP contribution in [0.2, 0.25) is 0 Å². The summed E-state index contributed by atoms with van der Waals surface area (Å²) in [5.41, 5.74) is -0.243. The van der Waals surface area contributed by atoms with Crippen molar-refractivity contribution in [1.82, 2.24) is 14.5 Å². The Bertz CT molecular complexity index is 534. The van der Waals surface area contributed by atoms with Gasteiger partial charge in [-0.3, -0.25) is 19.2 Å². The maximum atomic E-state index is 11.8. The molecule has 0 aliphatic carbocycles. The number of aromatic amines is 1. The van der Waals surface area contributed by atoms with Crippen LogP contribution in [0.3, 0.4) is 0 Å². The lowest BCUT2D eigenvalue weighted by Gasteiger charge is -2.36. The average molecular weight is 253 g/mol. The van der Waals surface area contributed by atoms with Crippen LogP contribution in [0.4, 0.5) is 0 Å². The van der Waals surface area contributed by atoms with Crippen molar-refractivity contribution in [3.63, 3.8) is 0 Å². The minimum Gasteiger partial charge on any atom is -0.352 e. The van der Waals surface area contributed by atoms with Crippen LogP contribution in [-0.2, 0) is 4.74 Å². The second-order valence-electron chi connectivity index (χ2n) is 4.82. The smallest absolute Gasteiger partial charge is 0.330 e. The van der Waals surface area contributed by atoms with Crippen LogP contribution >= 0.6 is 0 Å². The second kappa shape index (κ2) is 5.07. The van der Waals surface area contributed by atoms with Gasteiger partial charge in [-0.2, -0.15) is 0 Å². The molecular weight excluding hydrogens is 234 g/mol. The van der Waals surface area contributed by atoms with Crippen molar-refractivity contribution in [2.45, 2.75) is 32.6 Å². The molecule has 6 nitrogen and oxygen atoms in total. The largest absolute Gasteiger partial charge is 0.352 e. The number of ether oxygens (including phenoxy) is 1. The van der Waals surface area contributed by atoms with Gasteiger partial charge in [0.1, 0.15) is 0 Å². The summed E-state index contributed by atoms with van der Waals surface area (Å²) in [5, 5.41) is 0. The Balaban J connectivity index is 2.33. The zero-order chi connectivity index (χ0) is 13.3. The van der Waals surface area contributed by atoms with E-state index in [1.54, 1.807) is 13.1 Å². The highest BCUT2D eigenvalue weighted by Gasteiger charge is 2.26. The van der Waals surface area contributed by atoms with Gasteiger partial charge in [0.2, 0.25) is 0 Å².